The van der Waals surface area contributed by atoms with Crippen LogP contribution in [0.5, 0.6) is 0 Å². The largest absolute Gasteiger partial charge is 0.397 e. The lowest BCUT2D eigenvalue weighted by Crippen LogP contribution is -2.21. The number of rotatable bonds is 7. The van der Waals surface area contributed by atoms with Crippen molar-refractivity contribution in [3.8, 4) is 0 Å². The minimum absolute atomic E-state index is 0.0194. The zero-order chi connectivity index (χ0) is 16.0. The van der Waals surface area contributed by atoms with Gasteiger partial charge in [0.2, 0.25) is 5.91 Å². The summed E-state index contributed by atoms with van der Waals surface area (Å²) in [7, 11) is -3.11. The van der Waals surface area contributed by atoms with Crippen LogP contribution < -0.4 is 11.1 Å². The third-order valence-electron chi connectivity index (χ3n) is 3.31. The van der Waals surface area contributed by atoms with Crippen LogP contribution in [0.25, 0.3) is 0 Å². The lowest BCUT2D eigenvalue weighted by molar-refractivity contribution is -0.116. The van der Waals surface area contributed by atoms with Crippen LogP contribution in [0.2, 0.25) is 5.02 Å². The van der Waals surface area contributed by atoms with Gasteiger partial charge in [0.15, 0.2) is 9.84 Å². The molecular formula is C14H21ClN2O3S. The van der Waals surface area contributed by atoms with E-state index in [0.29, 0.717) is 29.2 Å². The van der Waals surface area contributed by atoms with Gasteiger partial charge in [0.25, 0.3) is 0 Å². The molecule has 0 heterocycles. The molecule has 1 atom stereocenters. The maximum Gasteiger partial charge on any atom is 0.224 e. The molecule has 0 aromatic heterocycles. The fraction of sp³-hybridized carbons (Fsp3) is 0.500. The van der Waals surface area contributed by atoms with Crippen molar-refractivity contribution in [2.24, 2.45) is 0 Å². The molecule has 0 fully saturated rings. The van der Waals surface area contributed by atoms with E-state index < -0.39 is 9.84 Å². The Morgan fingerprint density at radius 1 is 1.43 bits per heavy atom. The van der Waals surface area contributed by atoms with Crippen molar-refractivity contribution < 1.29 is 13.2 Å². The molecule has 1 amide bonds. The van der Waals surface area contributed by atoms with Crippen molar-refractivity contribution >= 4 is 38.7 Å². The second-order valence-electron chi connectivity index (χ2n) is 4.97. The quantitative estimate of drug-likeness (QED) is 0.751. The number of carbonyl (C=O) groups is 1. The predicted octanol–water partition coefficient (Wildman–Crippen LogP) is 2.85. The van der Waals surface area contributed by atoms with Crippen molar-refractivity contribution in [1.29, 1.82) is 0 Å². The highest BCUT2D eigenvalue weighted by Gasteiger charge is 2.19. The van der Waals surface area contributed by atoms with Crippen LogP contribution >= 0.6 is 11.6 Å². The first-order chi connectivity index (χ1) is 9.76. The highest BCUT2D eigenvalue weighted by Crippen LogP contribution is 2.22. The van der Waals surface area contributed by atoms with Crippen LogP contribution in [-0.2, 0) is 14.6 Å². The molecule has 118 valence electrons. The van der Waals surface area contributed by atoms with E-state index in [2.05, 4.69) is 5.32 Å². The maximum absolute atomic E-state index is 11.8. The van der Waals surface area contributed by atoms with Crippen molar-refractivity contribution in [2.45, 2.75) is 38.4 Å². The lowest BCUT2D eigenvalue weighted by Gasteiger charge is -2.11. The van der Waals surface area contributed by atoms with Gasteiger partial charge in [-0.3, -0.25) is 4.79 Å². The second-order valence-corrected chi connectivity index (χ2v) is 7.94. The summed E-state index contributed by atoms with van der Waals surface area (Å²) in [5.41, 5.74) is 6.59. The Kier molecular flexibility index (Phi) is 6.48. The summed E-state index contributed by atoms with van der Waals surface area (Å²) in [6.07, 6.45) is 1.01. The Labute approximate surface area is 130 Å². The predicted molar refractivity (Wildman–Crippen MR) is 87.3 cm³/mol. The Morgan fingerprint density at radius 3 is 2.67 bits per heavy atom. The summed E-state index contributed by atoms with van der Waals surface area (Å²) in [5.74, 6) is -0.241. The number of nitrogens with one attached hydrogen (secondary N) is 1. The first-order valence-electron chi connectivity index (χ1n) is 6.82. The van der Waals surface area contributed by atoms with Gasteiger partial charge in [-0.25, -0.2) is 8.42 Å². The Hall–Kier alpha value is -1.27. The molecule has 1 unspecified atom stereocenters. The molecule has 1 aromatic rings. The zero-order valence-electron chi connectivity index (χ0n) is 12.2. The summed E-state index contributed by atoms with van der Waals surface area (Å²) in [6.45, 7) is 3.52. The Morgan fingerprint density at radius 2 is 2.10 bits per heavy atom. The third-order valence-corrected chi connectivity index (χ3v) is 5.96. The number of nitrogen functional groups attached to an aromatic ring is 1. The maximum atomic E-state index is 11.8. The second kappa shape index (κ2) is 7.66. The molecule has 3 N–H and O–H groups in total. The van der Waals surface area contributed by atoms with Crippen LogP contribution in [0.15, 0.2) is 18.2 Å². The van der Waals surface area contributed by atoms with Gasteiger partial charge >= 0.3 is 0 Å². The summed E-state index contributed by atoms with van der Waals surface area (Å²) >= 11 is 5.77. The average Bonchev–Trinajstić information content (AvgIpc) is 2.40. The number of hydrogen-bond acceptors (Lipinski definition) is 4. The monoisotopic (exact) mass is 332 g/mol. The van der Waals surface area contributed by atoms with Crippen molar-refractivity contribution in [3.05, 3.63) is 23.2 Å². The molecule has 0 saturated heterocycles. The van der Waals surface area contributed by atoms with E-state index in [1.165, 1.54) is 0 Å². The number of nitrogens with two attached hydrogens (primary N) is 1. The molecule has 5 nitrogen and oxygen atoms in total. The fourth-order valence-electron chi connectivity index (χ4n) is 1.75. The van der Waals surface area contributed by atoms with E-state index in [-0.39, 0.29) is 23.3 Å². The van der Waals surface area contributed by atoms with Crippen molar-refractivity contribution in [3.63, 3.8) is 0 Å². The van der Waals surface area contributed by atoms with Gasteiger partial charge in [0.1, 0.15) is 0 Å². The van der Waals surface area contributed by atoms with Gasteiger partial charge in [0.05, 0.1) is 22.4 Å². The zero-order valence-corrected chi connectivity index (χ0v) is 13.8. The van der Waals surface area contributed by atoms with Crippen molar-refractivity contribution in [2.75, 3.05) is 16.8 Å². The molecule has 1 aromatic carbocycles. The van der Waals surface area contributed by atoms with Gasteiger partial charge in [0, 0.05) is 11.4 Å². The van der Waals surface area contributed by atoms with Crippen LogP contribution in [0.1, 0.15) is 33.1 Å². The molecule has 0 aliphatic carbocycles. The number of halogens is 1. The molecule has 0 bridgehead atoms. The fourth-order valence-corrected chi connectivity index (χ4v) is 3.39. The first kappa shape index (κ1) is 17.8. The van der Waals surface area contributed by atoms with E-state index in [1.807, 2.05) is 6.92 Å². The number of sulfone groups is 1. The molecule has 1 rings (SSSR count). The third kappa shape index (κ3) is 5.55. The van der Waals surface area contributed by atoms with Gasteiger partial charge in [-0.05, 0) is 38.0 Å². The minimum Gasteiger partial charge on any atom is -0.397 e. The molecule has 7 heteroatoms. The molecule has 0 aliphatic rings. The highest BCUT2D eigenvalue weighted by atomic mass is 35.5. The number of carbonyl (C=O) groups excluding carboxylic acids is 1. The molecule has 0 saturated carbocycles. The molecular weight excluding hydrogens is 312 g/mol. The number of benzene rings is 1. The Balaban J connectivity index is 2.48. The van der Waals surface area contributed by atoms with E-state index in [0.717, 1.165) is 0 Å². The van der Waals surface area contributed by atoms with Crippen LogP contribution in [0.3, 0.4) is 0 Å². The van der Waals surface area contributed by atoms with E-state index in [1.54, 1.807) is 25.1 Å². The van der Waals surface area contributed by atoms with Crippen molar-refractivity contribution in [1.82, 2.24) is 0 Å². The van der Waals surface area contributed by atoms with Gasteiger partial charge in [-0.2, -0.15) is 0 Å². The highest BCUT2D eigenvalue weighted by molar-refractivity contribution is 7.91. The molecule has 0 aliphatic heterocycles. The SMILES string of the molecule is CCC(C)S(=O)(=O)CCCC(=O)Nc1ccc(Cl)cc1N. The first-order valence-corrected chi connectivity index (χ1v) is 8.92. The number of anilines is 2. The normalized spacial score (nSPS) is 12.9. The minimum atomic E-state index is -3.11. The number of amides is 1. The lowest BCUT2D eigenvalue weighted by atomic mass is 10.2. The van der Waals surface area contributed by atoms with Gasteiger partial charge in [-0.15, -0.1) is 0 Å². The van der Waals surface area contributed by atoms with E-state index in [4.69, 9.17) is 17.3 Å². The molecule has 21 heavy (non-hydrogen) atoms. The topological polar surface area (TPSA) is 89.3 Å². The van der Waals surface area contributed by atoms with Gasteiger partial charge in [-0.1, -0.05) is 18.5 Å². The average molecular weight is 333 g/mol. The van der Waals surface area contributed by atoms with Crippen LogP contribution in [-0.4, -0.2) is 25.3 Å². The van der Waals surface area contributed by atoms with E-state index >= 15 is 0 Å². The summed E-state index contributed by atoms with van der Waals surface area (Å²) in [5, 5.41) is 2.77. The molecule has 0 spiro atoms. The van der Waals surface area contributed by atoms with E-state index in [9.17, 15) is 13.2 Å². The number of hydrogen-bond donors (Lipinski definition) is 2. The van der Waals surface area contributed by atoms with Crippen LogP contribution in [0.4, 0.5) is 11.4 Å². The summed E-state index contributed by atoms with van der Waals surface area (Å²) in [6, 6.07) is 4.79. The van der Waals surface area contributed by atoms with Gasteiger partial charge < -0.3 is 11.1 Å². The smallest absolute Gasteiger partial charge is 0.224 e. The standard InChI is InChI=1S/C14H21ClN2O3S/c1-3-10(2)21(19,20)8-4-5-14(18)17-13-7-6-11(15)9-12(13)16/h6-7,9-10H,3-5,8,16H2,1-2H3,(H,17,18). The molecule has 0 radical (unpaired) electrons. The Bertz CT molecular complexity index is 602. The summed E-state index contributed by atoms with van der Waals surface area (Å²) in [4.78, 5) is 11.8. The summed E-state index contributed by atoms with van der Waals surface area (Å²) < 4.78 is 23.7. The van der Waals surface area contributed by atoms with Crippen LogP contribution in [0, 0.1) is 0 Å².